The number of aromatic nitrogens is 3. The van der Waals surface area contributed by atoms with E-state index >= 15 is 0 Å². The van der Waals surface area contributed by atoms with Crippen molar-refractivity contribution in [2.45, 2.75) is 19.8 Å². The Hall–Kier alpha value is -2.37. The van der Waals surface area contributed by atoms with Crippen LogP contribution in [0.4, 0.5) is 10.5 Å². The van der Waals surface area contributed by atoms with Crippen LogP contribution in [-0.4, -0.2) is 27.8 Å². The van der Waals surface area contributed by atoms with Crippen LogP contribution in [0.5, 0.6) is 0 Å². The van der Waals surface area contributed by atoms with Gasteiger partial charge in [-0.2, -0.15) is 5.10 Å². The average Bonchev–Trinajstić information content (AvgIpc) is 2.81. The molecule has 0 aliphatic carbocycles. The van der Waals surface area contributed by atoms with Gasteiger partial charge in [-0.25, -0.2) is 4.79 Å². The number of aromatic amines is 1. The number of rotatable bonds is 5. The number of carbonyl (C=O) groups excluding carboxylic acids is 1. The van der Waals surface area contributed by atoms with Crippen molar-refractivity contribution >= 4 is 11.7 Å². The number of hydrogen-bond acceptors (Lipinski definition) is 3. The monoisotopic (exact) mass is 259 g/mol. The molecule has 2 heterocycles. The summed E-state index contributed by atoms with van der Waals surface area (Å²) in [6.07, 6.45) is 6.88. The molecule has 0 atom stereocenters. The van der Waals surface area contributed by atoms with E-state index in [0.29, 0.717) is 6.54 Å². The number of nitrogens with one attached hydrogen (secondary N) is 3. The van der Waals surface area contributed by atoms with Gasteiger partial charge in [0, 0.05) is 30.3 Å². The number of anilines is 1. The maximum absolute atomic E-state index is 11.6. The van der Waals surface area contributed by atoms with E-state index in [-0.39, 0.29) is 6.03 Å². The van der Waals surface area contributed by atoms with E-state index < -0.39 is 0 Å². The number of urea groups is 1. The van der Waals surface area contributed by atoms with Gasteiger partial charge in [0.2, 0.25) is 0 Å². The van der Waals surface area contributed by atoms with Gasteiger partial charge in [0.15, 0.2) is 0 Å². The molecular weight excluding hydrogens is 242 g/mol. The van der Waals surface area contributed by atoms with Crippen LogP contribution >= 0.6 is 0 Å². The Labute approximate surface area is 111 Å². The lowest BCUT2D eigenvalue weighted by Crippen LogP contribution is -2.29. The van der Waals surface area contributed by atoms with E-state index in [1.54, 1.807) is 24.5 Å². The summed E-state index contributed by atoms with van der Waals surface area (Å²) >= 11 is 0. The van der Waals surface area contributed by atoms with Gasteiger partial charge in [-0.1, -0.05) is 0 Å². The van der Waals surface area contributed by atoms with Crippen LogP contribution in [0.15, 0.2) is 30.7 Å². The molecule has 0 spiro atoms. The van der Waals surface area contributed by atoms with Crippen LogP contribution < -0.4 is 10.6 Å². The molecule has 19 heavy (non-hydrogen) atoms. The van der Waals surface area contributed by atoms with Gasteiger partial charge in [0.05, 0.1) is 6.20 Å². The molecule has 6 heteroatoms. The van der Waals surface area contributed by atoms with Gasteiger partial charge < -0.3 is 10.6 Å². The van der Waals surface area contributed by atoms with Crippen LogP contribution in [0, 0.1) is 6.92 Å². The van der Waals surface area contributed by atoms with Crippen molar-refractivity contribution in [3.05, 3.63) is 42.0 Å². The van der Waals surface area contributed by atoms with Crippen LogP contribution in [-0.2, 0) is 6.42 Å². The Kier molecular flexibility index (Phi) is 4.49. The summed E-state index contributed by atoms with van der Waals surface area (Å²) in [4.78, 5) is 15.5. The van der Waals surface area contributed by atoms with Crippen LogP contribution in [0.25, 0.3) is 0 Å². The highest BCUT2D eigenvalue weighted by Crippen LogP contribution is 2.05. The Morgan fingerprint density at radius 2 is 2.16 bits per heavy atom. The lowest BCUT2D eigenvalue weighted by atomic mass is 10.1. The summed E-state index contributed by atoms with van der Waals surface area (Å²) in [7, 11) is 0. The predicted molar refractivity (Wildman–Crippen MR) is 72.9 cm³/mol. The van der Waals surface area contributed by atoms with E-state index in [4.69, 9.17) is 0 Å². The fourth-order valence-corrected chi connectivity index (χ4v) is 1.72. The third kappa shape index (κ3) is 4.09. The zero-order valence-electron chi connectivity index (χ0n) is 10.8. The predicted octanol–water partition coefficient (Wildman–Crippen LogP) is 1.87. The van der Waals surface area contributed by atoms with Crippen LogP contribution in [0.2, 0.25) is 0 Å². The quantitative estimate of drug-likeness (QED) is 0.717. The van der Waals surface area contributed by atoms with E-state index in [1.165, 1.54) is 5.56 Å². The molecule has 3 N–H and O–H groups in total. The average molecular weight is 259 g/mol. The Morgan fingerprint density at radius 3 is 2.84 bits per heavy atom. The summed E-state index contributed by atoms with van der Waals surface area (Å²) in [5.41, 5.74) is 3.01. The maximum Gasteiger partial charge on any atom is 0.319 e. The van der Waals surface area contributed by atoms with Gasteiger partial charge in [0.1, 0.15) is 0 Å². The summed E-state index contributed by atoms with van der Waals surface area (Å²) in [6.45, 7) is 2.62. The van der Waals surface area contributed by atoms with E-state index in [9.17, 15) is 4.79 Å². The molecule has 2 rings (SSSR count). The summed E-state index contributed by atoms with van der Waals surface area (Å²) < 4.78 is 0. The third-order valence-electron chi connectivity index (χ3n) is 2.78. The molecule has 0 unspecified atom stereocenters. The van der Waals surface area contributed by atoms with Crippen molar-refractivity contribution in [1.29, 1.82) is 0 Å². The fraction of sp³-hybridized carbons (Fsp3) is 0.308. The van der Waals surface area contributed by atoms with Gasteiger partial charge >= 0.3 is 6.03 Å². The SMILES string of the molecule is Cc1[nH]ncc1CCCNC(=O)Nc1ccncc1. The van der Waals surface area contributed by atoms with Crippen molar-refractivity contribution < 1.29 is 4.79 Å². The van der Waals surface area contributed by atoms with Crippen molar-refractivity contribution in [1.82, 2.24) is 20.5 Å². The molecule has 2 aromatic heterocycles. The summed E-state index contributed by atoms with van der Waals surface area (Å²) in [6, 6.07) is 3.29. The lowest BCUT2D eigenvalue weighted by molar-refractivity contribution is 0.252. The van der Waals surface area contributed by atoms with Gasteiger partial charge in [-0.05, 0) is 37.5 Å². The third-order valence-corrected chi connectivity index (χ3v) is 2.78. The number of hydrogen-bond donors (Lipinski definition) is 3. The first-order valence-electron chi connectivity index (χ1n) is 6.19. The lowest BCUT2D eigenvalue weighted by Gasteiger charge is -2.07. The van der Waals surface area contributed by atoms with Crippen molar-refractivity contribution in [3.8, 4) is 0 Å². The minimum Gasteiger partial charge on any atom is -0.338 e. The first-order chi connectivity index (χ1) is 9.25. The molecule has 0 aromatic carbocycles. The second-order valence-electron chi connectivity index (χ2n) is 4.24. The Bertz CT molecular complexity index is 523. The molecule has 0 aliphatic heterocycles. The fourth-order valence-electron chi connectivity index (χ4n) is 1.72. The Morgan fingerprint density at radius 1 is 1.37 bits per heavy atom. The number of H-pyrrole nitrogens is 1. The number of aryl methyl sites for hydroxylation is 2. The highest BCUT2D eigenvalue weighted by molar-refractivity contribution is 5.88. The molecule has 0 aliphatic rings. The van der Waals surface area contributed by atoms with Crippen LogP contribution in [0.3, 0.4) is 0 Å². The first kappa shape index (κ1) is 13.1. The topological polar surface area (TPSA) is 82.7 Å². The Balaban J connectivity index is 1.66. The normalized spacial score (nSPS) is 10.2. The second kappa shape index (κ2) is 6.53. The highest BCUT2D eigenvalue weighted by atomic mass is 16.2. The number of amides is 2. The molecule has 2 aromatic rings. The van der Waals surface area contributed by atoms with Gasteiger partial charge in [-0.3, -0.25) is 10.1 Å². The highest BCUT2D eigenvalue weighted by Gasteiger charge is 2.02. The second-order valence-corrected chi connectivity index (χ2v) is 4.24. The van der Waals surface area contributed by atoms with Crippen LogP contribution in [0.1, 0.15) is 17.7 Å². The molecule has 100 valence electrons. The summed E-state index contributed by atoms with van der Waals surface area (Å²) in [5.74, 6) is 0. The zero-order chi connectivity index (χ0) is 13.5. The number of carbonyl (C=O) groups is 1. The number of pyridine rings is 1. The van der Waals surface area contributed by atoms with E-state index in [0.717, 1.165) is 24.2 Å². The zero-order valence-corrected chi connectivity index (χ0v) is 10.8. The van der Waals surface area contributed by atoms with Crippen molar-refractivity contribution in [3.63, 3.8) is 0 Å². The van der Waals surface area contributed by atoms with Crippen molar-refractivity contribution in [2.24, 2.45) is 0 Å². The molecule has 0 bridgehead atoms. The molecule has 0 saturated carbocycles. The smallest absolute Gasteiger partial charge is 0.319 e. The molecule has 2 amide bonds. The van der Waals surface area contributed by atoms with Gasteiger partial charge in [0.25, 0.3) is 0 Å². The molecule has 0 radical (unpaired) electrons. The minimum absolute atomic E-state index is 0.199. The molecular formula is C13H17N5O. The molecule has 0 saturated heterocycles. The van der Waals surface area contributed by atoms with Crippen molar-refractivity contribution in [2.75, 3.05) is 11.9 Å². The molecule has 0 fully saturated rings. The first-order valence-corrected chi connectivity index (χ1v) is 6.19. The number of nitrogens with zero attached hydrogens (tertiary/aromatic N) is 2. The maximum atomic E-state index is 11.6. The standard InChI is InChI=1S/C13H17N5O/c1-10-11(9-16-18-10)3-2-6-15-13(19)17-12-4-7-14-8-5-12/h4-5,7-9H,2-3,6H2,1H3,(H,16,18)(H2,14,15,17,19). The minimum atomic E-state index is -0.199. The van der Waals surface area contributed by atoms with E-state index in [1.807, 2.05) is 13.1 Å². The van der Waals surface area contributed by atoms with E-state index in [2.05, 4.69) is 25.8 Å². The summed E-state index contributed by atoms with van der Waals surface area (Å²) in [5, 5.41) is 12.4. The largest absolute Gasteiger partial charge is 0.338 e. The molecule has 6 nitrogen and oxygen atoms in total. The van der Waals surface area contributed by atoms with Gasteiger partial charge in [-0.15, -0.1) is 0 Å².